The third-order valence-electron chi connectivity index (χ3n) is 3.58. The van der Waals surface area contributed by atoms with Crippen molar-refractivity contribution in [3.63, 3.8) is 0 Å². The third-order valence-corrected chi connectivity index (χ3v) is 3.58. The van der Waals surface area contributed by atoms with Crippen LogP contribution in [0.15, 0.2) is 53.3 Å². The van der Waals surface area contributed by atoms with E-state index in [1.165, 1.54) is 30.3 Å². The van der Waals surface area contributed by atoms with Crippen molar-refractivity contribution in [2.24, 2.45) is 0 Å². The van der Waals surface area contributed by atoms with Crippen LogP contribution in [-0.2, 0) is 4.74 Å². The first kappa shape index (κ1) is 15.9. The van der Waals surface area contributed by atoms with Gasteiger partial charge in [-0.25, -0.2) is 9.18 Å². The molecule has 1 aromatic heterocycles. The van der Waals surface area contributed by atoms with Crippen LogP contribution in [0.25, 0.3) is 16.6 Å². The molecule has 0 N–H and O–H groups in total. The number of aromatic nitrogens is 1. The fourth-order valence-electron chi connectivity index (χ4n) is 2.53. The summed E-state index contributed by atoms with van der Waals surface area (Å²) in [6.45, 7) is 1.58. The summed E-state index contributed by atoms with van der Waals surface area (Å²) in [5, 5.41) is 0.172. The van der Waals surface area contributed by atoms with Crippen molar-refractivity contribution < 1.29 is 18.3 Å². The Bertz CT molecular complexity index is 978. The second-order valence-electron chi connectivity index (χ2n) is 5.04. The lowest BCUT2D eigenvalue weighted by molar-refractivity contribution is 0.0518. The minimum Gasteiger partial charge on any atom is -0.462 e. The predicted octanol–water partition coefficient (Wildman–Crippen LogP) is 3.45. The first-order chi connectivity index (χ1) is 11.5. The zero-order valence-electron chi connectivity index (χ0n) is 12.8. The molecule has 0 fully saturated rings. The van der Waals surface area contributed by atoms with Gasteiger partial charge in [0.15, 0.2) is 5.56 Å². The van der Waals surface area contributed by atoms with Gasteiger partial charge in [-0.1, -0.05) is 12.1 Å². The van der Waals surface area contributed by atoms with E-state index >= 15 is 0 Å². The molecule has 0 atom stereocenters. The molecular weight excluding hydrogens is 316 g/mol. The number of rotatable bonds is 3. The Balaban J connectivity index is 2.41. The van der Waals surface area contributed by atoms with Crippen LogP contribution >= 0.6 is 0 Å². The van der Waals surface area contributed by atoms with Gasteiger partial charge >= 0.3 is 5.97 Å². The van der Waals surface area contributed by atoms with E-state index in [2.05, 4.69) is 0 Å². The molecule has 0 saturated carbocycles. The monoisotopic (exact) mass is 329 g/mol. The second kappa shape index (κ2) is 6.23. The summed E-state index contributed by atoms with van der Waals surface area (Å²) in [5.74, 6) is -2.54. The van der Waals surface area contributed by atoms with Gasteiger partial charge in [-0.2, -0.15) is 4.39 Å². The molecule has 4 nitrogen and oxygen atoms in total. The quantitative estimate of drug-likeness (QED) is 0.546. The molecule has 0 radical (unpaired) electrons. The van der Waals surface area contributed by atoms with Crippen molar-refractivity contribution in [1.29, 1.82) is 0 Å². The molecule has 0 unspecified atom stereocenters. The minimum absolute atomic E-state index is 0.0150. The zero-order valence-corrected chi connectivity index (χ0v) is 12.8. The zero-order chi connectivity index (χ0) is 17.3. The van der Waals surface area contributed by atoms with Crippen LogP contribution in [0, 0.1) is 11.8 Å². The number of benzene rings is 2. The minimum atomic E-state index is -1.04. The molecule has 6 heteroatoms. The summed E-state index contributed by atoms with van der Waals surface area (Å²) in [6, 6.07) is 11.4. The van der Waals surface area contributed by atoms with Crippen LogP contribution in [0.4, 0.5) is 8.78 Å². The fourth-order valence-corrected chi connectivity index (χ4v) is 2.53. The Morgan fingerprint density at radius 3 is 2.42 bits per heavy atom. The summed E-state index contributed by atoms with van der Waals surface area (Å²) in [7, 11) is 0. The van der Waals surface area contributed by atoms with Gasteiger partial charge in [0.05, 0.1) is 12.1 Å². The standard InChI is InChI=1S/C18H13F2NO3/c1-2-24-18(23)15-16(22)13-5-3-4-6-14(13)21(17(15)20)12-9-7-11(19)8-10-12/h3-10H,2H2,1H3. The number of nitrogens with zero attached hydrogens (tertiary/aromatic N) is 1. The number of fused-ring (bicyclic) bond motifs is 1. The van der Waals surface area contributed by atoms with Gasteiger partial charge in [-0.05, 0) is 43.3 Å². The fraction of sp³-hybridized carbons (Fsp3) is 0.111. The summed E-state index contributed by atoms with van der Waals surface area (Å²) < 4.78 is 34.0. The molecule has 0 aliphatic rings. The number of esters is 1. The van der Waals surface area contributed by atoms with Gasteiger partial charge in [0, 0.05) is 11.1 Å². The number of hydrogen-bond donors (Lipinski definition) is 0. The lowest BCUT2D eigenvalue weighted by Crippen LogP contribution is -2.24. The summed E-state index contributed by atoms with van der Waals surface area (Å²) in [6.07, 6.45) is 0. The van der Waals surface area contributed by atoms with E-state index in [9.17, 15) is 18.4 Å². The predicted molar refractivity (Wildman–Crippen MR) is 85.4 cm³/mol. The second-order valence-corrected chi connectivity index (χ2v) is 5.04. The van der Waals surface area contributed by atoms with Crippen LogP contribution in [-0.4, -0.2) is 17.1 Å². The number of ether oxygens (including phenoxy) is 1. The number of halogens is 2. The Morgan fingerprint density at radius 2 is 1.75 bits per heavy atom. The highest BCUT2D eigenvalue weighted by atomic mass is 19.1. The molecule has 0 aliphatic carbocycles. The van der Waals surface area contributed by atoms with Crippen LogP contribution in [0.5, 0.6) is 0 Å². The van der Waals surface area contributed by atoms with Crippen molar-refractivity contribution in [2.75, 3.05) is 6.61 Å². The molecule has 24 heavy (non-hydrogen) atoms. The molecule has 0 saturated heterocycles. The SMILES string of the molecule is CCOC(=O)c1c(F)n(-c2ccc(F)cc2)c2ccccc2c1=O. The van der Waals surface area contributed by atoms with E-state index in [0.717, 1.165) is 4.57 Å². The number of pyridine rings is 1. The Morgan fingerprint density at radius 1 is 1.08 bits per heavy atom. The average Bonchev–Trinajstić information content (AvgIpc) is 2.57. The summed E-state index contributed by atoms with van der Waals surface area (Å²) in [5.41, 5.74) is -0.838. The first-order valence-corrected chi connectivity index (χ1v) is 7.31. The number of para-hydroxylation sites is 1. The average molecular weight is 329 g/mol. The van der Waals surface area contributed by atoms with Crippen LogP contribution in [0.3, 0.4) is 0 Å². The maximum absolute atomic E-state index is 15.0. The van der Waals surface area contributed by atoms with Crippen molar-refractivity contribution in [3.8, 4) is 5.69 Å². The van der Waals surface area contributed by atoms with E-state index in [-0.39, 0.29) is 23.2 Å². The molecule has 0 spiro atoms. The molecular formula is C18H13F2NO3. The maximum Gasteiger partial charge on any atom is 0.346 e. The molecule has 3 rings (SSSR count). The maximum atomic E-state index is 15.0. The molecule has 3 aromatic rings. The van der Waals surface area contributed by atoms with Crippen molar-refractivity contribution in [2.45, 2.75) is 6.92 Å². The highest BCUT2D eigenvalue weighted by molar-refractivity contribution is 5.94. The molecule has 122 valence electrons. The normalized spacial score (nSPS) is 10.8. The third kappa shape index (κ3) is 2.56. The number of carbonyl (C=O) groups excluding carboxylic acids is 1. The van der Waals surface area contributed by atoms with Gasteiger partial charge in [-0.15, -0.1) is 0 Å². The summed E-state index contributed by atoms with van der Waals surface area (Å²) >= 11 is 0. The molecule has 0 amide bonds. The van der Waals surface area contributed by atoms with Crippen molar-refractivity contribution in [1.82, 2.24) is 4.57 Å². The number of hydrogen-bond acceptors (Lipinski definition) is 3. The Hall–Kier alpha value is -3.02. The molecule has 2 aromatic carbocycles. The van der Waals surface area contributed by atoms with Gasteiger partial charge in [-0.3, -0.25) is 9.36 Å². The van der Waals surface area contributed by atoms with Gasteiger partial charge < -0.3 is 4.74 Å². The molecule has 0 bridgehead atoms. The van der Waals surface area contributed by atoms with Crippen LogP contribution in [0.1, 0.15) is 17.3 Å². The Labute approximate surface area is 135 Å². The van der Waals surface area contributed by atoms with Gasteiger partial charge in [0.1, 0.15) is 5.82 Å². The van der Waals surface area contributed by atoms with E-state index in [1.54, 1.807) is 25.1 Å². The van der Waals surface area contributed by atoms with Crippen molar-refractivity contribution in [3.05, 3.63) is 76.1 Å². The van der Waals surface area contributed by atoms with Gasteiger partial charge in [0.2, 0.25) is 11.4 Å². The number of carbonyl (C=O) groups is 1. The first-order valence-electron chi connectivity index (χ1n) is 7.31. The van der Waals surface area contributed by atoms with E-state index in [4.69, 9.17) is 4.74 Å². The van der Waals surface area contributed by atoms with Gasteiger partial charge in [0.25, 0.3) is 0 Å². The van der Waals surface area contributed by atoms with Crippen LogP contribution < -0.4 is 5.43 Å². The van der Waals surface area contributed by atoms with E-state index < -0.39 is 28.7 Å². The van der Waals surface area contributed by atoms with E-state index in [0.29, 0.717) is 0 Å². The Kier molecular flexibility index (Phi) is 4.12. The summed E-state index contributed by atoms with van der Waals surface area (Å²) in [4.78, 5) is 24.5. The van der Waals surface area contributed by atoms with E-state index in [1.807, 2.05) is 0 Å². The highest BCUT2D eigenvalue weighted by Gasteiger charge is 2.24. The topological polar surface area (TPSA) is 48.3 Å². The highest BCUT2D eigenvalue weighted by Crippen LogP contribution is 2.21. The molecule has 0 aliphatic heterocycles. The lowest BCUT2D eigenvalue weighted by atomic mass is 10.1. The lowest BCUT2D eigenvalue weighted by Gasteiger charge is -2.15. The van der Waals surface area contributed by atoms with Crippen LogP contribution in [0.2, 0.25) is 0 Å². The molecule has 1 heterocycles. The smallest absolute Gasteiger partial charge is 0.346 e. The van der Waals surface area contributed by atoms with Crippen molar-refractivity contribution >= 4 is 16.9 Å². The largest absolute Gasteiger partial charge is 0.462 e.